The summed E-state index contributed by atoms with van der Waals surface area (Å²) in [6.45, 7) is 3.78. The van der Waals surface area contributed by atoms with Crippen LogP contribution in [0, 0.1) is 0 Å². The van der Waals surface area contributed by atoms with E-state index < -0.39 is 23.1 Å². The quantitative estimate of drug-likeness (QED) is 0.419. The van der Waals surface area contributed by atoms with Crippen molar-refractivity contribution < 1.29 is 24.9 Å². The van der Waals surface area contributed by atoms with Gasteiger partial charge >= 0.3 is 11.9 Å². The first-order chi connectivity index (χ1) is 8.90. The molecule has 0 bridgehead atoms. The van der Waals surface area contributed by atoms with Crippen molar-refractivity contribution in [3.8, 4) is 0 Å². The molecule has 5 nitrogen and oxygen atoms in total. The summed E-state index contributed by atoms with van der Waals surface area (Å²) >= 11 is 0. The maximum Gasteiger partial charge on any atom is 0.340 e. The van der Waals surface area contributed by atoms with Crippen LogP contribution in [0.5, 0.6) is 0 Å². The average Bonchev–Trinajstić information content (AvgIpc) is 2.33. The summed E-state index contributed by atoms with van der Waals surface area (Å²) < 4.78 is 0. The van der Waals surface area contributed by atoms with Crippen molar-refractivity contribution in [3.05, 3.63) is 11.6 Å². The lowest BCUT2D eigenvalue weighted by atomic mass is 9.88. The van der Waals surface area contributed by atoms with Gasteiger partial charge in [-0.3, -0.25) is 0 Å². The summed E-state index contributed by atoms with van der Waals surface area (Å²) in [5.41, 5.74) is -2.70. The number of aliphatic carboxylic acids is 2. The standard InChI is InChI=1S/C14H24O5/c1-3-5-6-7-8-9-11(12(15)16)14(19,10-4-2)13(17)18/h9,19H,3-8,10H2,1-2H3,(H,15,16)(H,17,18). The molecule has 19 heavy (non-hydrogen) atoms. The third kappa shape index (κ3) is 5.42. The number of carbonyl (C=O) groups is 2. The van der Waals surface area contributed by atoms with Crippen molar-refractivity contribution in [2.75, 3.05) is 0 Å². The molecule has 0 aromatic heterocycles. The number of hydrogen-bond donors (Lipinski definition) is 3. The van der Waals surface area contributed by atoms with E-state index in [9.17, 15) is 14.7 Å². The van der Waals surface area contributed by atoms with Gasteiger partial charge in [-0.1, -0.05) is 45.6 Å². The molecule has 5 heteroatoms. The van der Waals surface area contributed by atoms with Gasteiger partial charge in [0.15, 0.2) is 5.60 Å². The van der Waals surface area contributed by atoms with Gasteiger partial charge in [0, 0.05) is 0 Å². The molecule has 1 atom stereocenters. The Morgan fingerprint density at radius 1 is 1.05 bits per heavy atom. The monoisotopic (exact) mass is 272 g/mol. The summed E-state index contributed by atoms with van der Waals surface area (Å²) in [6, 6.07) is 0. The molecule has 0 aliphatic carbocycles. The summed E-state index contributed by atoms with van der Waals surface area (Å²) in [6.07, 6.45) is 6.02. The molecule has 0 radical (unpaired) electrons. The summed E-state index contributed by atoms with van der Waals surface area (Å²) in [5.74, 6) is -2.87. The van der Waals surface area contributed by atoms with Gasteiger partial charge in [0.05, 0.1) is 5.57 Å². The lowest BCUT2D eigenvalue weighted by molar-refractivity contribution is -0.158. The number of rotatable bonds is 10. The van der Waals surface area contributed by atoms with Crippen molar-refractivity contribution in [1.29, 1.82) is 0 Å². The summed E-state index contributed by atoms with van der Waals surface area (Å²) in [5, 5.41) is 28.2. The largest absolute Gasteiger partial charge is 0.479 e. The lowest BCUT2D eigenvalue weighted by Gasteiger charge is -2.23. The van der Waals surface area contributed by atoms with Crippen LogP contribution >= 0.6 is 0 Å². The second-order valence-corrected chi connectivity index (χ2v) is 4.69. The molecule has 0 aromatic carbocycles. The van der Waals surface area contributed by atoms with Crippen LogP contribution in [0.15, 0.2) is 11.6 Å². The minimum Gasteiger partial charge on any atom is -0.479 e. The first kappa shape index (κ1) is 17.6. The molecule has 0 fully saturated rings. The van der Waals surface area contributed by atoms with Crippen LogP contribution in [-0.2, 0) is 9.59 Å². The lowest BCUT2D eigenvalue weighted by Crippen LogP contribution is -2.43. The fraction of sp³-hybridized carbons (Fsp3) is 0.714. The highest BCUT2D eigenvalue weighted by atomic mass is 16.4. The molecule has 0 amide bonds. The van der Waals surface area contributed by atoms with Gasteiger partial charge in [-0.05, 0) is 19.3 Å². The first-order valence-electron chi connectivity index (χ1n) is 6.79. The third-order valence-electron chi connectivity index (χ3n) is 3.05. The van der Waals surface area contributed by atoms with Crippen molar-refractivity contribution >= 4 is 11.9 Å². The molecule has 1 unspecified atom stereocenters. The van der Waals surface area contributed by atoms with Crippen LogP contribution < -0.4 is 0 Å². The highest BCUT2D eigenvalue weighted by Crippen LogP contribution is 2.25. The topological polar surface area (TPSA) is 94.8 Å². The molecule has 3 N–H and O–H groups in total. The smallest absolute Gasteiger partial charge is 0.340 e. The van der Waals surface area contributed by atoms with E-state index in [1.807, 2.05) is 0 Å². The van der Waals surface area contributed by atoms with E-state index in [-0.39, 0.29) is 6.42 Å². The Morgan fingerprint density at radius 3 is 2.11 bits per heavy atom. The predicted molar refractivity (Wildman–Crippen MR) is 72.0 cm³/mol. The van der Waals surface area contributed by atoms with E-state index in [4.69, 9.17) is 10.2 Å². The molecule has 0 saturated carbocycles. The zero-order valence-electron chi connectivity index (χ0n) is 11.7. The van der Waals surface area contributed by atoms with Crippen LogP contribution in [-0.4, -0.2) is 32.9 Å². The van der Waals surface area contributed by atoms with Gasteiger partial charge in [-0.15, -0.1) is 0 Å². The third-order valence-corrected chi connectivity index (χ3v) is 3.05. The Bertz CT molecular complexity index is 335. The van der Waals surface area contributed by atoms with Crippen LogP contribution in [0.1, 0.15) is 58.8 Å². The highest BCUT2D eigenvalue weighted by Gasteiger charge is 2.42. The SMILES string of the molecule is CCCCCCC=C(C(=O)O)C(O)(CCC)C(=O)O. The normalized spacial score (nSPS) is 15.0. The molecule has 0 aliphatic heterocycles. The fourth-order valence-corrected chi connectivity index (χ4v) is 1.97. The molecular formula is C14H24O5. The van der Waals surface area contributed by atoms with E-state index in [0.29, 0.717) is 12.8 Å². The van der Waals surface area contributed by atoms with E-state index >= 15 is 0 Å². The predicted octanol–water partition coefficient (Wildman–Crippen LogP) is 2.58. The summed E-state index contributed by atoms with van der Waals surface area (Å²) in [4.78, 5) is 22.3. The van der Waals surface area contributed by atoms with E-state index in [2.05, 4.69) is 6.92 Å². The van der Waals surface area contributed by atoms with Gasteiger partial charge in [0.1, 0.15) is 0 Å². The number of carboxylic acids is 2. The van der Waals surface area contributed by atoms with Crippen molar-refractivity contribution in [2.24, 2.45) is 0 Å². The van der Waals surface area contributed by atoms with Crippen molar-refractivity contribution in [3.63, 3.8) is 0 Å². The zero-order chi connectivity index (χ0) is 14.9. The minimum absolute atomic E-state index is 0.102. The fourth-order valence-electron chi connectivity index (χ4n) is 1.97. The van der Waals surface area contributed by atoms with Gasteiger partial charge in [-0.2, -0.15) is 0 Å². The highest BCUT2D eigenvalue weighted by molar-refractivity contribution is 5.98. The van der Waals surface area contributed by atoms with Crippen molar-refractivity contribution in [2.45, 2.75) is 64.4 Å². The molecule has 0 spiro atoms. The second-order valence-electron chi connectivity index (χ2n) is 4.69. The average molecular weight is 272 g/mol. The number of hydrogen-bond acceptors (Lipinski definition) is 3. The molecular weight excluding hydrogens is 248 g/mol. The van der Waals surface area contributed by atoms with E-state index in [0.717, 1.165) is 25.7 Å². The minimum atomic E-state index is -2.29. The van der Waals surface area contributed by atoms with E-state index in [1.165, 1.54) is 6.08 Å². The molecule has 0 aliphatic rings. The maximum atomic E-state index is 11.2. The Balaban J connectivity index is 4.90. The van der Waals surface area contributed by atoms with Gasteiger partial charge in [-0.25, -0.2) is 9.59 Å². The molecule has 0 heterocycles. The van der Waals surface area contributed by atoms with Crippen LogP contribution in [0.4, 0.5) is 0 Å². The summed E-state index contributed by atoms with van der Waals surface area (Å²) in [7, 11) is 0. The van der Waals surface area contributed by atoms with Gasteiger partial charge in [0.2, 0.25) is 0 Å². The van der Waals surface area contributed by atoms with Crippen molar-refractivity contribution in [1.82, 2.24) is 0 Å². The molecule has 0 rings (SSSR count). The van der Waals surface area contributed by atoms with Crippen LogP contribution in [0.2, 0.25) is 0 Å². The number of unbranched alkanes of at least 4 members (excludes halogenated alkanes) is 4. The zero-order valence-corrected chi connectivity index (χ0v) is 11.7. The van der Waals surface area contributed by atoms with Gasteiger partial charge in [0.25, 0.3) is 0 Å². The van der Waals surface area contributed by atoms with E-state index in [1.54, 1.807) is 6.92 Å². The van der Waals surface area contributed by atoms with Crippen LogP contribution in [0.25, 0.3) is 0 Å². The molecule has 110 valence electrons. The van der Waals surface area contributed by atoms with Crippen LogP contribution in [0.3, 0.4) is 0 Å². The number of allylic oxidation sites excluding steroid dienone is 1. The number of aliphatic hydroxyl groups is 1. The maximum absolute atomic E-state index is 11.2. The second kappa shape index (κ2) is 8.69. The molecule has 0 saturated heterocycles. The molecule has 0 aromatic rings. The Hall–Kier alpha value is -1.36. The Kier molecular flexibility index (Phi) is 8.07. The Labute approximate surface area is 113 Å². The Morgan fingerprint density at radius 2 is 1.68 bits per heavy atom. The first-order valence-corrected chi connectivity index (χ1v) is 6.79. The number of carboxylic acid groups (broad SMARTS) is 2. The van der Waals surface area contributed by atoms with Gasteiger partial charge < -0.3 is 15.3 Å².